The molecule has 2 rings (SSSR count). The summed E-state index contributed by atoms with van der Waals surface area (Å²) in [5, 5.41) is 2.76. The Morgan fingerprint density at radius 3 is 2.54 bits per heavy atom. The molecule has 0 bridgehead atoms. The Hall–Kier alpha value is -2.69. The first kappa shape index (κ1) is 17.7. The lowest BCUT2D eigenvalue weighted by molar-refractivity contribution is -0.120. The summed E-state index contributed by atoms with van der Waals surface area (Å²) in [7, 11) is 1.52. The van der Waals surface area contributed by atoms with E-state index in [4.69, 9.17) is 4.74 Å². The zero-order chi connectivity index (χ0) is 17.5. The van der Waals surface area contributed by atoms with Crippen molar-refractivity contribution in [2.45, 2.75) is 19.8 Å². The number of ether oxygens (including phenoxy) is 1. The summed E-state index contributed by atoms with van der Waals surface area (Å²) in [4.78, 5) is 23.6. The van der Waals surface area contributed by atoms with Gasteiger partial charge in [0.1, 0.15) is 11.6 Å². The van der Waals surface area contributed by atoms with E-state index >= 15 is 0 Å². The molecule has 0 spiro atoms. The predicted octanol–water partition coefficient (Wildman–Crippen LogP) is 2.94. The van der Waals surface area contributed by atoms with Crippen molar-refractivity contribution in [2.75, 3.05) is 13.7 Å². The Morgan fingerprint density at radius 2 is 1.88 bits per heavy atom. The van der Waals surface area contributed by atoms with Crippen LogP contribution in [-0.2, 0) is 17.6 Å². The fourth-order valence-electron chi connectivity index (χ4n) is 2.41. The van der Waals surface area contributed by atoms with Crippen LogP contribution in [0.25, 0.3) is 0 Å². The molecule has 2 aromatic rings. The Balaban J connectivity index is 1.95. The van der Waals surface area contributed by atoms with Gasteiger partial charge in [-0.2, -0.15) is 0 Å². The van der Waals surface area contributed by atoms with Crippen molar-refractivity contribution < 1.29 is 18.7 Å². The Morgan fingerprint density at radius 1 is 1.12 bits per heavy atom. The van der Waals surface area contributed by atoms with E-state index in [-0.39, 0.29) is 23.9 Å². The van der Waals surface area contributed by atoms with E-state index in [1.807, 2.05) is 0 Å². The van der Waals surface area contributed by atoms with E-state index in [9.17, 15) is 14.0 Å². The van der Waals surface area contributed by atoms with E-state index in [2.05, 4.69) is 5.32 Å². The molecule has 5 heteroatoms. The van der Waals surface area contributed by atoms with Crippen molar-refractivity contribution >= 4 is 11.7 Å². The minimum absolute atomic E-state index is 0.0705. The highest BCUT2D eigenvalue weighted by Gasteiger charge is 2.11. The molecule has 4 nitrogen and oxygen atoms in total. The van der Waals surface area contributed by atoms with E-state index in [0.717, 1.165) is 0 Å². The van der Waals surface area contributed by atoms with E-state index in [0.29, 0.717) is 35.4 Å². The van der Waals surface area contributed by atoms with Crippen LogP contribution in [0.1, 0.15) is 28.4 Å². The summed E-state index contributed by atoms with van der Waals surface area (Å²) in [6.07, 6.45) is 0.518. The molecule has 1 N–H and O–H groups in total. The highest BCUT2D eigenvalue weighted by molar-refractivity contribution is 5.94. The molecular formula is C19H20FNO3. The lowest BCUT2D eigenvalue weighted by atomic mass is 10.0. The monoisotopic (exact) mass is 329 g/mol. The number of methoxy groups -OCH3 is 1. The Bertz CT molecular complexity index is 743. The standard InChI is InChI=1S/C19H20FNO3/c1-13(22)15-7-8-18(24-2)16(11-15)12-19(23)21-10-9-14-5-3-4-6-17(14)20/h3-8,11H,9-10,12H2,1-2H3,(H,21,23). The van der Waals surface area contributed by atoms with Gasteiger partial charge in [0.05, 0.1) is 13.5 Å². The third-order valence-electron chi connectivity index (χ3n) is 3.71. The average Bonchev–Trinajstić information content (AvgIpc) is 2.56. The summed E-state index contributed by atoms with van der Waals surface area (Å²) in [5.41, 5.74) is 1.74. The Labute approximate surface area is 140 Å². The summed E-state index contributed by atoms with van der Waals surface area (Å²) in [5.74, 6) is 0.0102. The number of carbonyl (C=O) groups is 2. The van der Waals surface area contributed by atoms with Crippen molar-refractivity contribution in [1.29, 1.82) is 0 Å². The number of ketones is 1. The molecule has 0 aliphatic heterocycles. The first-order chi connectivity index (χ1) is 11.5. The number of amides is 1. The number of carbonyl (C=O) groups excluding carboxylic acids is 2. The molecule has 2 aromatic carbocycles. The van der Waals surface area contributed by atoms with Crippen molar-refractivity contribution in [2.24, 2.45) is 0 Å². The van der Waals surface area contributed by atoms with E-state index in [1.54, 1.807) is 36.4 Å². The normalized spacial score (nSPS) is 10.3. The number of benzene rings is 2. The van der Waals surface area contributed by atoms with Crippen molar-refractivity contribution in [3.05, 3.63) is 65.0 Å². The van der Waals surface area contributed by atoms with Crippen molar-refractivity contribution in [1.82, 2.24) is 5.32 Å². The molecule has 24 heavy (non-hydrogen) atoms. The summed E-state index contributed by atoms with van der Waals surface area (Å²) < 4.78 is 18.7. The van der Waals surface area contributed by atoms with Gasteiger partial charge in [-0.25, -0.2) is 4.39 Å². The highest BCUT2D eigenvalue weighted by Crippen LogP contribution is 2.20. The van der Waals surface area contributed by atoms with Gasteiger partial charge in [-0.1, -0.05) is 18.2 Å². The largest absolute Gasteiger partial charge is 0.496 e. The maximum Gasteiger partial charge on any atom is 0.224 e. The molecule has 126 valence electrons. The molecule has 0 aliphatic rings. The zero-order valence-electron chi connectivity index (χ0n) is 13.8. The number of rotatable bonds is 7. The molecule has 0 saturated heterocycles. The number of nitrogens with one attached hydrogen (secondary N) is 1. The molecule has 0 unspecified atom stereocenters. The molecule has 0 saturated carbocycles. The molecule has 0 radical (unpaired) electrons. The smallest absolute Gasteiger partial charge is 0.224 e. The van der Waals surface area contributed by atoms with Gasteiger partial charge < -0.3 is 10.1 Å². The van der Waals surface area contributed by atoms with Crippen LogP contribution in [0.4, 0.5) is 4.39 Å². The summed E-state index contributed by atoms with van der Waals surface area (Å²) in [6, 6.07) is 11.5. The Kier molecular flexibility index (Phi) is 6.07. The topological polar surface area (TPSA) is 55.4 Å². The number of halogens is 1. The quantitative estimate of drug-likeness (QED) is 0.795. The minimum atomic E-state index is -0.275. The maximum atomic E-state index is 13.5. The van der Waals surface area contributed by atoms with Crippen LogP contribution >= 0.6 is 0 Å². The fraction of sp³-hybridized carbons (Fsp3) is 0.263. The molecule has 0 fully saturated rings. The number of Topliss-reactive ketones (excluding diaryl/α,β-unsaturated/α-hetero) is 1. The number of hydrogen-bond acceptors (Lipinski definition) is 3. The molecule has 0 aromatic heterocycles. The summed E-state index contributed by atoms with van der Waals surface area (Å²) in [6.45, 7) is 1.81. The second-order valence-corrected chi connectivity index (χ2v) is 5.45. The van der Waals surface area contributed by atoms with Gasteiger partial charge in [-0.15, -0.1) is 0 Å². The maximum absolute atomic E-state index is 13.5. The first-order valence-corrected chi connectivity index (χ1v) is 7.69. The van der Waals surface area contributed by atoms with E-state index in [1.165, 1.54) is 20.1 Å². The molecular weight excluding hydrogens is 309 g/mol. The molecule has 0 heterocycles. The van der Waals surface area contributed by atoms with Gasteiger partial charge in [-0.3, -0.25) is 9.59 Å². The SMILES string of the molecule is COc1ccc(C(C)=O)cc1CC(=O)NCCc1ccccc1F. The first-order valence-electron chi connectivity index (χ1n) is 7.69. The lowest BCUT2D eigenvalue weighted by Crippen LogP contribution is -2.27. The fourth-order valence-corrected chi connectivity index (χ4v) is 2.41. The van der Waals surface area contributed by atoms with Crippen LogP contribution in [0.15, 0.2) is 42.5 Å². The van der Waals surface area contributed by atoms with Gasteiger partial charge in [0.2, 0.25) is 5.91 Å². The van der Waals surface area contributed by atoms with Gasteiger partial charge >= 0.3 is 0 Å². The second kappa shape index (κ2) is 8.24. The third-order valence-corrected chi connectivity index (χ3v) is 3.71. The molecule has 0 atom stereocenters. The van der Waals surface area contributed by atoms with Gasteiger partial charge in [0.25, 0.3) is 0 Å². The average molecular weight is 329 g/mol. The second-order valence-electron chi connectivity index (χ2n) is 5.45. The van der Waals surface area contributed by atoms with Crippen LogP contribution in [0.2, 0.25) is 0 Å². The minimum Gasteiger partial charge on any atom is -0.496 e. The van der Waals surface area contributed by atoms with Crippen molar-refractivity contribution in [3.63, 3.8) is 0 Å². The van der Waals surface area contributed by atoms with E-state index < -0.39 is 0 Å². The third kappa shape index (κ3) is 4.65. The zero-order valence-corrected chi connectivity index (χ0v) is 13.8. The van der Waals surface area contributed by atoms with Crippen molar-refractivity contribution in [3.8, 4) is 5.75 Å². The van der Waals surface area contributed by atoms with Crippen LogP contribution in [0.3, 0.4) is 0 Å². The van der Waals surface area contributed by atoms with Gasteiger partial charge in [-0.05, 0) is 43.2 Å². The van der Waals surface area contributed by atoms with Crippen LogP contribution in [0.5, 0.6) is 5.75 Å². The number of hydrogen-bond donors (Lipinski definition) is 1. The van der Waals surface area contributed by atoms with Gasteiger partial charge in [0.15, 0.2) is 5.78 Å². The van der Waals surface area contributed by atoms with Gasteiger partial charge in [0, 0.05) is 17.7 Å². The molecule has 1 amide bonds. The highest BCUT2D eigenvalue weighted by atomic mass is 19.1. The van der Waals surface area contributed by atoms with Crippen LogP contribution in [-0.4, -0.2) is 25.3 Å². The lowest BCUT2D eigenvalue weighted by Gasteiger charge is -2.10. The van der Waals surface area contributed by atoms with Crippen LogP contribution < -0.4 is 10.1 Å². The predicted molar refractivity (Wildman–Crippen MR) is 89.8 cm³/mol. The molecule has 0 aliphatic carbocycles. The van der Waals surface area contributed by atoms with Crippen LogP contribution in [0, 0.1) is 5.82 Å². The summed E-state index contributed by atoms with van der Waals surface area (Å²) >= 11 is 0.